The molecule has 3 nitrogen and oxygen atoms in total. The molecular formula is C20H19N2OS+. The molecule has 1 aliphatic rings. The van der Waals surface area contributed by atoms with E-state index in [9.17, 15) is 0 Å². The molecule has 120 valence electrons. The van der Waals surface area contributed by atoms with Gasteiger partial charge in [0.2, 0.25) is 0 Å². The van der Waals surface area contributed by atoms with Gasteiger partial charge in [0.05, 0.1) is 23.2 Å². The molecule has 0 unspecified atom stereocenters. The Labute approximate surface area is 146 Å². The minimum atomic E-state index is 0.894. The molecule has 3 aromatic rings. The Morgan fingerprint density at radius 3 is 2.71 bits per heavy atom. The Kier molecular flexibility index (Phi) is 3.69. The number of rotatable bonds is 2. The Balaban J connectivity index is 1.86. The fourth-order valence-corrected chi connectivity index (χ4v) is 4.25. The summed E-state index contributed by atoms with van der Waals surface area (Å²) in [7, 11) is 5.89. The van der Waals surface area contributed by atoms with Crippen LogP contribution in [0.2, 0.25) is 0 Å². The lowest BCUT2D eigenvalue weighted by Crippen LogP contribution is -2.28. The molecule has 0 N–H and O–H groups in total. The van der Waals surface area contributed by atoms with Crippen LogP contribution >= 0.6 is 11.8 Å². The first kappa shape index (κ1) is 15.1. The molecule has 24 heavy (non-hydrogen) atoms. The number of hydrogen-bond acceptors (Lipinski definition) is 3. The van der Waals surface area contributed by atoms with Crippen LogP contribution in [0.5, 0.6) is 5.75 Å². The van der Waals surface area contributed by atoms with Crippen LogP contribution in [0.3, 0.4) is 0 Å². The number of fused-ring (bicyclic) bond motifs is 2. The number of para-hydroxylation sites is 2. The molecule has 0 spiro atoms. The molecule has 4 rings (SSSR count). The Morgan fingerprint density at radius 2 is 1.92 bits per heavy atom. The summed E-state index contributed by atoms with van der Waals surface area (Å²) in [4.78, 5) is 3.55. The highest BCUT2D eigenvalue weighted by atomic mass is 32.2. The van der Waals surface area contributed by atoms with Crippen molar-refractivity contribution in [3.05, 3.63) is 65.3 Å². The van der Waals surface area contributed by atoms with Gasteiger partial charge in [0.25, 0.3) is 5.52 Å². The van der Waals surface area contributed by atoms with Crippen LogP contribution in [0.25, 0.3) is 17.0 Å². The van der Waals surface area contributed by atoms with Gasteiger partial charge < -0.3 is 9.64 Å². The molecule has 0 aliphatic carbocycles. The van der Waals surface area contributed by atoms with Crippen LogP contribution in [0, 0.1) is 0 Å². The maximum atomic E-state index is 5.55. The molecular weight excluding hydrogens is 316 g/mol. The van der Waals surface area contributed by atoms with Gasteiger partial charge in [-0.25, -0.2) is 0 Å². The maximum Gasteiger partial charge on any atom is 0.255 e. The summed E-state index contributed by atoms with van der Waals surface area (Å²) >= 11 is 1.81. The van der Waals surface area contributed by atoms with Gasteiger partial charge in [0.1, 0.15) is 7.05 Å². The lowest BCUT2D eigenvalue weighted by atomic mass is 10.1. The highest BCUT2D eigenvalue weighted by Crippen LogP contribution is 2.45. The minimum Gasteiger partial charge on any atom is -0.490 e. The van der Waals surface area contributed by atoms with Crippen molar-refractivity contribution in [3.8, 4) is 5.75 Å². The molecule has 2 aromatic carbocycles. The molecule has 0 fully saturated rings. The van der Waals surface area contributed by atoms with Crippen molar-refractivity contribution in [1.29, 1.82) is 0 Å². The van der Waals surface area contributed by atoms with Crippen molar-refractivity contribution in [3.63, 3.8) is 0 Å². The fourth-order valence-electron chi connectivity index (χ4n) is 3.15. The Hall–Kier alpha value is -2.46. The van der Waals surface area contributed by atoms with E-state index >= 15 is 0 Å². The lowest BCUT2D eigenvalue weighted by molar-refractivity contribution is -0.645. The van der Waals surface area contributed by atoms with Gasteiger partial charge in [-0.05, 0) is 35.9 Å². The monoisotopic (exact) mass is 335 g/mol. The summed E-state index contributed by atoms with van der Waals surface area (Å²) < 4.78 is 7.66. The Bertz CT molecular complexity index is 965. The zero-order valence-corrected chi connectivity index (χ0v) is 14.8. The fraction of sp³-hybridized carbons (Fsp3) is 0.150. The molecule has 0 amide bonds. The van der Waals surface area contributed by atoms with E-state index in [-0.39, 0.29) is 0 Å². The first-order chi connectivity index (χ1) is 11.7. The topological polar surface area (TPSA) is 16.4 Å². The third kappa shape index (κ3) is 2.34. The zero-order valence-electron chi connectivity index (χ0n) is 14.0. The second-order valence-corrected chi connectivity index (χ2v) is 6.91. The second kappa shape index (κ2) is 5.87. The van der Waals surface area contributed by atoms with Crippen molar-refractivity contribution >= 4 is 34.4 Å². The predicted molar refractivity (Wildman–Crippen MR) is 100 cm³/mol. The number of pyridine rings is 1. The number of thioether (sulfide) groups is 1. The van der Waals surface area contributed by atoms with Gasteiger partial charge in [-0.1, -0.05) is 30.0 Å². The molecule has 4 heteroatoms. The van der Waals surface area contributed by atoms with Gasteiger partial charge >= 0.3 is 0 Å². The van der Waals surface area contributed by atoms with Crippen molar-refractivity contribution in [2.24, 2.45) is 7.05 Å². The standard InChI is InChI=1S/C20H19N2OS/c1-21-12-11-14(15-7-6-9-17(23-3)20(15)21)13-19-22(2)16-8-4-5-10-18(16)24-19/h4-13H,1-3H3/q+1. The van der Waals surface area contributed by atoms with E-state index in [0.29, 0.717) is 0 Å². The number of aryl methyl sites for hydroxylation is 1. The van der Waals surface area contributed by atoms with Gasteiger partial charge in [0, 0.05) is 18.0 Å². The number of ether oxygens (including phenoxy) is 1. The van der Waals surface area contributed by atoms with Crippen LogP contribution in [0.4, 0.5) is 5.69 Å². The third-order valence-corrected chi connectivity index (χ3v) is 5.58. The van der Waals surface area contributed by atoms with Gasteiger partial charge in [-0.2, -0.15) is 4.57 Å². The smallest absolute Gasteiger partial charge is 0.255 e. The molecule has 0 atom stereocenters. The number of methoxy groups -OCH3 is 1. The molecule has 0 radical (unpaired) electrons. The molecule has 0 saturated heterocycles. The molecule has 0 bridgehead atoms. The lowest BCUT2D eigenvalue weighted by Gasteiger charge is -2.13. The first-order valence-corrected chi connectivity index (χ1v) is 8.68. The van der Waals surface area contributed by atoms with E-state index in [1.807, 2.05) is 30.9 Å². The first-order valence-electron chi connectivity index (χ1n) is 7.86. The van der Waals surface area contributed by atoms with Crippen LogP contribution in [-0.4, -0.2) is 14.2 Å². The molecule has 1 aromatic heterocycles. The summed E-state index contributed by atoms with van der Waals surface area (Å²) in [5, 5.41) is 2.42. The number of hydrogen-bond donors (Lipinski definition) is 0. The van der Waals surface area contributed by atoms with Crippen molar-refractivity contribution in [2.75, 3.05) is 19.1 Å². The molecule has 2 heterocycles. The SMILES string of the molecule is COc1cccc2c(/C=C3\Sc4ccccc4N3C)cc[n+](C)c12. The van der Waals surface area contributed by atoms with Gasteiger partial charge in [-0.15, -0.1) is 0 Å². The van der Waals surface area contributed by atoms with Crippen LogP contribution < -0.4 is 14.2 Å². The second-order valence-electron chi connectivity index (χ2n) is 5.85. The summed E-state index contributed by atoms with van der Waals surface area (Å²) in [5.74, 6) is 0.894. The maximum absolute atomic E-state index is 5.55. The minimum absolute atomic E-state index is 0.894. The number of aromatic nitrogens is 1. The summed E-state index contributed by atoms with van der Waals surface area (Å²) in [6, 6.07) is 16.9. The Morgan fingerprint density at radius 1 is 1.08 bits per heavy atom. The average molecular weight is 335 g/mol. The average Bonchev–Trinajstić information content (AvgIpc) is 2.93. The van der Waals surface area contributed by atoms with Crippen LogP contribution in [0.15, 0.2) is 64.7 Å². The zero-order chi connectivity index (χ0) is 16.7. The highest BCUT2D eigenvalue weighted by molar-refractivity contribution is 8.03. The molecule has 0 saturated carbocycles. The predicted octanol–water partition coefficient (Wildman–Crippen LogP) is 4.21. The summed E-state index contributed by atoms with van der Waals surface area (Å²) in [6.45, 7) is 0. The van der Waals surface area contributed by atoms with E-state index in [0.717, 1.165) is 11.3 Å². The summed E-state index contributed by atoms with van der Waals surface area (Å²) in [5.41, 5.74) is 3.57. The largest absolute Gasteiger partial charge is 0.490 e. The van der Waals surface area contributed by atoms with Crippen molar-refractivity contribution < 1.29 is 9.30 Å². The van der Waals surface area contributed by atoms with Crippen molar-refractivity contribution in [1.82, 2.24) is 0 Å². The normalized spacial score (nSPS) is 15.1. The van der Waals surface area contributed by atoms with E-state index in [1.54, 1.807) is 7.11 Å². The van der Waals surface area contributed by atoms with Gasteiger partial charge in [-0.3, -0.25) is 0 Å². The van der Waals surface area contributed by atoms with E-state index in [4.69, 9.17) is 4.74 Å². The number of nitrogens with zero attached hydrogens (tertiary/aromatic N) is 2. The van der Waals surface area contributed by atoms with Crippen LogP contribution in [0.1, 0.15) is 5.56 Å². The van der Waals surface area contributed by atoms with E-state index in [1.165, 1.54) is 26.6 Å². The number of anilines is 1. The third-order valence-electron chi connectivity index (χ3n) is 4.41. The quantitative estimate of drug-likeness (QED) is 0.653. The highest BCUT2D eigenvalue weighted by Gasteiger charge is 2.22. The van der Waals surface area contributed by atoms with E-state index in [2.05, 4.69) is 65.2 Å². The van der Waals surface area contributed by atoms with Gasteiger partial charge in [0.15, 0.2) is 11.9 Å². The summed E-state index contributed by atoms with van der Waals surface area (Å²) in [6.07, 6.45) is 4.34. The van der Waals surface area contributed by atoms with Crippen LogP contribution in [-0.2, 0) is 7.05 Å². The van der Waals surface area contributed by atoms with E-state index < -0.39 is 0 Å². The molecule has 1 aliphatic heterocycles. The number of benzene rings is 2. The van der Waals surface area contributed by atoms with Crippen molar-refractivity contribution in [2.45, 2.75) is 4.90 Å².